The lowest BCUT2D eigenvalue weighted by atomic mass is 9.97. The summed E-state index contributed by atoms with van der Waals surface area (Å²) in [5, 5.41) is 7.80. The summed E-state index contributed by atoms with van der Waals surface area (Å²) in [4.78, 5) is 13.3. The number of thiophene rings is 1. The van der Waals surface area contributed by atoms with Gasteiger partial charge in [-0.1, -0.05) is 20.8 Å². The highest BCUT2D eigenvalue weighted by Crippen LogP contribution is 2.35. The molecule has 0 radical (unpaired) electrons. The van der Waals surface area contributed by atoms with Crippen molar-refractivity contribution in [2.45, 2.75) is 39.3 Å². The molecule has 8 heteroatoms. The zero-order valence-corrected chi connectivity index (χ0v) is 14.8. The smallest absolute Gasteiger partial charge is 0.321 e. The van der Waals surface area contributed by atoms with Crippen LogP contribution in [-0.4, -0.2) is 15.7 Å². The summed E-state index contributed by atoms with van der Waals surface area (Å²) in [6.45, 7) is 6.26. The predicted molar refractivity (Wildman–Crippen MR) is 88.4 cm³/mol. The molecule has 0 saturated heterocycles. The summed E-state index contributed by atoms with van der Waals surface area (Å²) in [6.07, 6.45) is -2.65. The lowest BCUT2D eigenvalue weighted by molar-refractivity contribution is -0.141. The van der Waals surface area contributed by atoms with Gasteiger partial charge in [-0.2, -0.15) is 18.3 Å². The molecule has 0 unspecified atom stereocenters. The number of anilines is 1. The van der Waals surface area contributed by atoms with E-state index < -0.39 is 23.3 Å². The molecule has 0 fully saturated rings. The van der Waals surface area contributed by atoms with Crippen LogP contribution in [0.4, 0.5) is 18.9 Å². The van der Waals surface area contributed by atoms with Crippen molar-refractivity contribution < 1.29 is 18.0 Å². The van der Waals surface area contributed by atoms with Gasteiger partial charge in [0.1, 0.15) is 0 Å². The topological polar surface area (TPSA) is 46.9 Å². The van der Waals surface area contributed by atoms with Gasteiger partial charge in [-0.3, -0.25) is 9.48 Å². The van der Waals surface area contributed by atoms with Gasteiger partial charge in [0.05, 0.1) is 11.3 Å². The van der Waals surface area contributed by atoms with E-state index in [1.165, 1.54) is 18.4 Å². The number of amides is 1. The van der Waals surface area contributed by atoms with Gasteiger partial charge in [-0.05, 0) is 29.7 Å². The van der Waals surface area contributed by atoms with E-state index >= 15 is 0 Å². The molecule has 1 amide bonds. The van der Waals surface area contributed by atoms with Gasteiger partial charge in [-0.25, -0.2) is 0 Å². The molecule has 0 aliphatic carbocycles. The van der Waals surface area contributed by atoms with Crippen LogP contribution in [-0.2, 0) is 13.2 Å². The van der Waals surface area contributed by atoms with Gasteiger partial charge in [0.15, 0.2) is 5.69 Å². The van der Waals surface area contributed by atoms with Crippen molar-refractivity contribution in [3.8, 4) is 0 Å². The highest BCUT2D eigenvalue weighted by molar-refractivity contribution is 7.10. The number of nitrogens with zero attached hydrogens (tertiary/aromatic N) is 2. The van der Waals surface area contributed by atoms with Crippen LogP contribution in [0.25, 0.3) is 0 Å². The molecule has 0 bridgehead atoms. The van der Waals surface area contributed by atoms with Crippen LogP contribution in [0, 0.1) is 5.92 Å². The van der Waals surface area contributed by atoms with Crippen LogP contribution in [0.1, 0.15) is 54.0 Å². The summed E-state index contributed by atoms with van der Waals surface area (Å²) in [6, 6.07) is 1.72. The number of carbonyl (C=O) groups excluding carboxylic acids is 1. The van der Waals surface area contributed by atoms with Crippen LogP contribution in [0.2, 0.25) is 0 Å². The fraction of sp³-hybridized carbons (Fsp3) is 0.500. The first kappa shape index (κ1) is 18.5. The molecular formula is C16H20F3N3OS. The lowest BCUT2D eigenvalue weighted by Gasteiger charge is -2.15. The zero-order valence-electron chi connectivity index (χ0n) is 13.9. The normalized spacial score (nSPS) is 13.3. The second kappa shape index (κ2) is 6.96. The number of halogens is 3. The second-order valence-electron chi connectivity index (χ2n) is 6.25. The Balaban J connectivity index is 2.25. The molecule has 24 heavy (non-hydrogen) atoms. The van der Waals surface area contributed by atoms with Crippen LogP contribution in [0.15, 0.2) is 17.6 Å². The molecular weight excluding hydrogens is 339 g/mol. The standard InChI is InChI=1S/C16H20F3N3OS/c1-9(2)7-10(3)13-12(5-6-24-13)20-15(23)11-8-22(4)21-14(11)16(17,18)19/h5-6,8-10H,7H2,1-4H3,(H,20,23)/t10-/m0/s1. The van der Waals surface area contributed by atoms with Crippen LogP contribution < -0.4 is 5.32 Å². The average Bonchev–Trinajstić information content (AvgIpc) is 3.03. The molecule has 2 aromatic heterocycles. The quantitative estimate of drug-likeness (QED) is 0.825. The van der Waals surface area contributed by atoms with Crippen molar-refractivity contribution in [2.24, 2.45) is 13.0 Å². The van der Waals surface area contributed by atoms with E-state index in [9.17, 15) is 18.0 Å². The zero-order chi connectivity index (χ0) is 18.1. The maximum Gasteiger partial charge on any atom is 0.435 e. The average molecular weight is 359 g/mol. The number of hydrogen-bond donors (Lipinski definition) is 1. The molecule has 2 rings (SSSR count). The Bertz CT molecular complexity index is 718. The number of nitrogens with one attached hydrogen (secondary N) is 1. The molecule has 0 aliphatic heterocycles. The Morgan fingerprint density at radius 2 is 2.04 bits per heavy atom. The SMILES string of the molecule is CC(C)C[C@H](C)c1sccc1NC(=O)c1cn(C)nc1C(F)(F)F. The minimum Gasteiger partial charge on any atom is -0.321 e. The fourth-order valence-electron chi connectivity index (χ4n) is 2.67. The maximum absolute atomic E-state index is 13.0. The van der Waals surface area contributed by atoms with Crippen molar-refractivity contribution in [3.63, 3.8) is 0 Å². The molecule has 132 valence electrons. The third-order valence-corrected chi connectivity index (χ3v) is 4.71. The van der Waals surface area contributed by atoms with Crippen LogP contribution >= 0.6 is 11.3 Å². The van der Waals surface area contributed by atoms with Crippen molar-refractivity contribution in [1.29, 1.82) is 0 Å². The summed E-state index contributed by atoms with van der Waals surface area (Å²) < 4.78 is 40.0. The number of aromatic nitrogens is 2. The van der Waals surface area contributed by atoms with Gasteiger partial charge in [-0.15, -0.1) is 11.3 Å². The number of alkyl halides is 3. The summed E-state index contributed by atoms with van der Waals surface area (Å²) >= 11 is 1.49. The Kier molecular flexibility index (Phi) is 5.37. The first-order valence-corrected chi connectivity index (χ1v) is 8.47. The number of aryl methyl sites for hydroxylation is 1. The van der Waals surface area contributed by atoms with Gasteiger partial charge in [0.2, 0.25) is 0 Å². The van der Waals surface area contributed by atoms with Gasteiger partial charge < -0.3 is 5.32 Å². The van der Waals surface area contributed by atoms with E-state index in [0.29, 0.717) is 11.6 Å². The molecule has 2 aromatic rings. The summed E-state index contributed by atoms with van der Waals surface area (Å²) in [5.41, 5.74) is -1.08. The number of carbonyl (C=O) groups is 1. The number of rotatable bonds is 5. The largest absolute Gasteiger partial charge is 0.435 e. The van der Waals surface area contributed by atoms with Crippen LogP contribution in [0.3, 0.4) is 0 Å². The molecule has 1 atom stereocenters. The molecule has 0 aromatic carbocycles. The Morgan fingerprint density at radius 3 is 2.62 bits per heavy atom. The Labute approximate surface area is 142 Å². The molecule has 0 saturated carbocycles. The van der Waals surface area contributed by atoms with Crippen molar-refractivity contribution in [1.82, 2.24) is 9.78 Å². The summed E-state index contributed by atoms with van der Waals surface area (Å²) in [7, 11) is 1.35. The highest BCUT2D eigenvalue weighted by atomic mass is 32.1. The molecule has 0 aliphatic rings. The van der Waals surface area contributed by atoms with E-state index in [4.69, 9.17) is 0 Å². The number of hydrogen-bond acceptors (Lipinski definition) is 3. The van der Waals surface area contributed by atoms with Gasteiger partial charge >= 0.3 is 6.18 Å². The third kappa shape index (κ3) is 4.17. The fourth-order valence-corrected chi connectivity index (χ4v) is 3.60. The molecule has 0 spiro atoms. The molecule has 1 N–H and O–H groups in total. The highest BCUT2D eigenvalue weighted by Gasteiger charge is 2.39. The Hall–Kier alpha value is -1.83. The van der Waals surface area contributed by atoms with Crippen LogP contribution in [0.5, 0.6) is 0 Å². The van der Waals surface area contributed by atoms with E-state index in [0.717, 1.165) is 22.2 Å². The molecule has 4 nitrogen and oxygen atoms in total. The van der Waals surface area contributed by atoms with E-state index in [1.54, 1.807) is 6.07 Å². The Morgan fingerprint density at radius 1 is 1.38 bits per heavy atom. The van der Waals surface area contributed by atoms with Gasteiger partial charge in [0.25, 0.3) is 5.91 Å². The van der Waals surface area contributed by atoms with Crippen molar-refractivity contribution in [3.05, 3.63) is 33.8 Å². The van der Waals surface area contributed by atoms with Crippen molar-refractivity contribution in [2.75, 3.05) is 5.32 Å². The first-order chi connectivity index (χ1) is 11.1. The maximum atomic E-state index is 13.0. The molecule has 2 heterocycles. The lowest BCUT2D eigenvalue weighted by Crippen LogP contribution is -2.18. The monoisotopic (exact) mass is 359 g/mol. The van der Waals surface area contributed by atoms with Crippen molar-refractivity contribution >= 4 is 22.9 Å². The summed E-state index contributed by atoms with van der Waals surface area (Å²) in [5.74, 6) is -0.0936. The second-order valence-corrected chi connectivity index (χ2v) is 7.19. The minimum atomic E-state index is -4.67. The van der Waals surface area contributed by atoms with E-state index in [1.807, 2.05) is 12.3 Å². The van der Waals surface area contributed by atoms with E-state index in [-0.39, 0.29) is 5.92 Å². The first-order valence-electron chi connectivity index (χ1n) is 7.59. The predicted octanol–water partition coefficient (Wildman–Crippen LogP) is 4.90. The van der Waals surface area contributed by atoms with Gasteiger partial charge in [0, 0.05) is 18.1 Å². The van der Waals surface area contributed by atoms with E-state index in [2.05, 4.69) is 24.3 Å². The third-order valence-electron chi connectivity index (χ3n) is 3.56. The minimum absolute atomic E-state index is 0.219.